The molecule has 1 aliphatic carbocycles. The van der Waals surface area contributed by atoms with Crippen molar-refractivity contribution in [2.45, 2.75) is 24.9 Å². The van der Waals surface area contributed by atoms with Crippen LogP contribution in [-0.4, -0.2) is 7.11 Å². The van der Waals surface area contributed by atoms with Crippen molar-refractivity contribution in [3.8, 4) is 22.6 Å². The first-order chi connectivity index (χ1) is 18.8. The van der Waals surface area contributed by atoms with Gasteiger partial charge in [-0.3, -0.25) is 0 Å². The van der Waals surface area contributed by atoms with Gasteiger partial charge in [-0.15, -0.1) is 0 Å². The highest BCUT2D eigenvalue weighted by Gasteiger charge is 2.44. The van der Waals surface area contributed by atoms with Crippen LogP contribution >= 0.6 is 0 Å². The average Bonchev–Trinajstić information content (AvgIpc) is 3.19. The van der Waals surface area contributed by atoms with Crippen LogP contribution in [0.3, 0.4) is 0 Å². The topological polar surface area (TPSA) is 18.5 Å². The van der Waals surface area contributed by atoms with E-state index in [2.05, 4.69) is 26.0 Å². The molecule has 4 heteroatoms. The van der Waals surface area contributed by atoms with Crippen LogP contribution in [0, 0.1) is 11.6 Å². The lowest BCUT2D eigenvalue weighted by Gasteiger charge is -2.38. The quantitative estimate of drug-likeness (QED) is 0.239. The number of methoxy groups -OCH3 is 1. The van der Waals surface area contributed by atoms with Crippen LogP contribution in [0.1, 0.15) is 41.7 Å². The first kappa shape index (κ1) is 23.7. The molecule has 0 amide bonds. The van der Waals surface area contributed by atoms with Crippen molar-refractivity contribution in [2.75, 3.05) is 7.11 Å². The van der Waals surface area contributed by atoms with Crippen LogP contribution < -0.4 is 9.47 Å². The molecule has 39 heavy (non-hydrogen) atoms. The molecule has 0 saturated carbocycles. The first-order valence-corrected chi connectivity index (χ1v) is 13.0. The Morgan fingerprint density at radius 2 is 1.44 bits per heavy atom. The van der Waals surface area contributed by atoms with Gasteiger partial charge in [0.2, 0.25) is 0 Å². The van der Waals surface area contributed by atoms with Crippen LogP contribution in [0.25, 0.3) is 28.0 Å². The minimum atomic E-state index is -0.949. The lowest BCUT2D eigenvalue weighted by atomic mass is 9.77. The minimum absolute atomic E-state index is 0.270. The van der Waals surface area contributed by atoms with Gasteiger partial charge in [0.25, 0.3) is 0 Å². The standard InChI is InChI=1S/C35H26F2O2/c1-34(2)30-20-24(37)12-16-27(30)31-26-15-11-23(36)19-29(26)33-28(32(31)34)17-18-35(39-33,21-7-5-4-6-8-21)22-9-13-25(38-3)14-10-22/h4-20H,1-3H3. The summed E-state index contributed by atoms with van der Waals surface area (Å²) in [6.07, 6.45) is 4.18. The van der Waals surface area contributed by atoms with Crippen molar-refractivity contribution in [1.82, 2.24) is 0 Å². The molecule has 1 atom stereocenters. The largest absolute Gasteiger partial charge is 0.497 e. The summed E-state index contributed by atoms with van der Waals surface area (Å²) in [5, 5.41) is 1.57. The van der Waals surface area contributed by atoms with E-state index in [0.717, 1.165) is 50.1 Å². The molecule has 0 saturated heterocycles. The number of halogens is 2. The van der Waals surface area contributed by atoms with Crippen molar-refractivity contribution in [2.24, 2.45) is 0 Å². The van der Waals surface area contributed by atoms with Crippen LogP contribution in [0.4, 0.5) is 8.78 Å². The molecule has 0 spiro atoms. The maximum atomic E-state index is 14.8. The fourth-order valence-corrected chi connectivity index (χ4v) is 6.43. The van der Waals surface area contributed by atoms with Crippen molar-refractivity contribution < 1.29 is 18.3 Å². The van der Waals surface area contributed by atoms with Gasteiger partial charge < -0.3 is 9.47 Å². The number of rotatable bonds is 3. The van der Waals surface area contributed by atoms with Gasteiger partial charge in [-0.25, -0.2) is 8.78 Å². The Morgan fingerprint density at radius 1 is 0.744 bits per heavy atom. The third kappa shape index (κ3) is 3.31. The maximum Gasteiger partial charge on any atom is 0.178 e. The Morgan fingerprint density at radius 3 is 2.18 bits per heavy atom. The zero-order valence-electron chi connectivity index (χ0n) is 21.9. The van der Waals surface area contributed by atoms with E-state index in [1.165, 1.54) is 12.1 Å². The Kier molecular flexibility index (Phi) is 5.02. The second-order valence-electron chi connectivity index (χ2n) is 10.8. The molecule has 0 radical (unpaired) electrons. The average molecular weight is 517 g/mol. The molecule has 1 aliphatic heterocycles. The molecule has 5 aromatic rings. The van der Waals surface area contributed by atoms with Gasteiger partial charge in [-0.1, -0.05) is 74.5 Å². The summed E-state index contributed by atoms with van der Waals surface area (Å²) in [4.78, 5) is 0. The van der Waals surface area contributed by atoms with E-state index in [-0.39, 0.29) is 11.6 Å². The van der Waals surface area contributed by atoms with E-state index in [1.54, 1.807) is 19.2 Å². The lowest BCUT2D eigenvalue weighted by Crippen LogP contribution is -2.35. The van der Waals surface area contributed by atoms with Crippen LogP contribution in [0.2, 0.25) is 0 Å². The molecule has 2 nitrogen and oxygen atoms in total. The van der Waals surface area contributed by atoms with Gasteiger partial charge in [0, 0.05) is 27.5 Å². The summed E-state index contributed by atoms with van der Waals surface area (Å²) in [5.74, 6) is 0.758. The Hall–Kier alpha value is -4.44. The van der Waals surface area contributed by atoms with Crippen molar-refractivity contribution in [3.63, 3.8) is 0 Å². The molecular formula is C35H26F2O2. The SMILES string of the molecule is COc1ccc(C2(c3ccccc3)C=Cc3c4c(c5ccc(F)cc5c3O2)-c2ccc(F)cc2C4(C)C)cc1. The molecule has 0 fully saturated rings. The molecule has 192 valence electrons. The summed E-state index contributed by atoms with van der Waals surface area (Å²) >= 11 is 0. The number of ether oxygens (including phenoxy) is 2. The number of fused-ring (bicyclic) bond motifs is 8. The lowest BCUT2D eigenvalue weighted by molar-refractivity contribution is 0.163. The second kappa shape index (κ2) is 8.28. The summed E-state index contributed by atoms with van der Waals surface area (Å²) in [5.41, 5.74) is 5.29. The molecular weight excluding hydrogens is 490 g/mol. The zero-order valence-corrected chi connectivity index (χ0v) is 21.9. The highest BCUT2D eigenvalue weighted by Crippen LogP contribution is 2.58. The van der Waals surface area contributed by atoms with E-state index in [0.29, 0.717) is 11.1 Å². The summed E-state index contributed by atoms with van der Waals surface area (Å²) < 4.78 is 41.8. The fraction of sp³-hybridized carbons (Fsp3) is 0.143. The van der Waals surface area contributed by atoms with Gasteiger partial charge in [0.1, 0.15) is 23.1 Å². The van der Waals surface area contributed by atoms with Crippen molar-refractivity contribution in [1.29, 1.82) is 0 Å². The van der Waals surface area contributed by atoms with E-state index >= 15 is 0 Å². The summed E-state index contributed by atoms with van der Waals surface area (Å²) in [6, 6.07) is 27.7. The van der Waals surface area contributed by atoms with Gasteiger partial charge in [-0.05, 0) is 70.1 Å². The van der Waals surface area contributed by atoms with Crippen LogP contribution in [0.5, 0.6) is 11.5 Å². The number of hydrogen-bond acceptors (Lipinski definition) is 2. The molecule has 1 heterocycles. The first-order valence-electron chi connectivity index (χ1n) is 13.0. The van der Waals surface area contributed by atoms with E-state index in [4.69, 9.17) is 9.47 Å². The Bertz CT molecular complexity index is 1800. The molecule has 2 aliphatic rings. The van der Waals surface area contributed by atoms with E-state index in [1.807, 2.05) is 66.7 Å². The molecule has 0 aromatic heterocycles. The van der Waals surface area contributed by atoms with Crippen molar-refractivity contribution >= 4 is 16.8 Å². The Balaban J connectivity index is 1.56. The molecule has 0 bridgehead atoms. The third-order valence-electron chi connectivity index (χ3n) is 8.28. The number of benzene rings is 5. The van der Waals surface area contributed by atoms with Gasteiger partial charge in [-0.2, -0.15) is 0 Å². The Labute approximate surface area is 226 Å². The van der Waals surface area contributed by atoms with E-state index in [9.17, 15) is 8.78 Å². The van der Waals surface area contributed by atoms with E-state index < -0.39 is 11.0 Å². The number of hydrogen-bond donors (Lipinski definition) is 0. The summed E-state index contributed by atoms with van der Waals surface area (Å²) in [7, 11) is 1.64. The fourth-order valence-electron chi connectivity index (χ4n) is 6.43. The predicted molar refractivity (Wildman–Crippen MR) is 151 cm³/mol. The summed E-state index contributed by atoms with van der Waals surface area (Å²) in [6.45, 7) is 4.23. The molecule has 7 rings (SSSR count). The monoisotopic (exact) mass is 516 g/mol. The smallest absolute Gasteiger partial charge is 0.178 e. The predicted octanol–water partition coefficient (Wildman–Crippen LogP) is 8.78. The van der Waals surface area contributed by atoms with Crippen LogP contribution in [-0.2, 0) is 11.0 Å². The highest BCUT2D eigenvalue weighted by molar-refractivity contribution is 6.08. The normalized spacial score (nSPS) is 18.3. The zero-order chi connectivity index (χ0) is 26.9. The van der Waals surface area contributed by atoms with Gasteiger partial charge in [0.05, 0.1) is 7.11 Å². The molecule has 1 unspecified atom stereocenters. The van der Waals surface area contributed by atoms with Gasteiger partial charge >= 0.3 is 0 Å². The van der Waals surface area contributed by atoms with Gasteiger partial charge in [0.15, 0.2) is 5.60 Å². The maximum absolute atomic E-state index is 14.8. The van der Waals surface area contributed by atoms with Crippen molar-refractivity contribution in [3.05, 3.63) is 137 Å². The molecule has 0 N–H and O–H groups in total. The third-order valence-corrected chi connectivity index (χ3v) is 8.28. The molecule has 5 aromatic carbocycles. The minimum Gasteiger partial charge on any atom is -0.497 e. The highest BCUT2D eigenvalue weighted by atomic mass is 19.1. The second-order valence-corrected chi connectivity index (χ2v) is 10.8. The van der Waals surface area contributed by atoms with Crippen LogP contribution in [0.15, 0.2) is 97.1 Å².